The number of hydrogen-bond donors (Lipinski definition) is 1. The standard InChI is InChI=1S/C14H22N4O2/c1-14(2,3)18-9-10(8-16-18)7-15-11-5-6-12(19)17(4)13(11)20/h8-9,11,15H,5-7H2,1-4H3. The normalized spacial score (nSPS) is 20.6. The van der Waals surface area contributed by atoms with Gasteiger partial charge in [-0.1, -0.05) is 0 Å². The van der Waals surface area contributed by atoms with Crippen molar-refractivity contribution >= 4 is 11.8 Å². The van der Waals surface area contributed by atoms with E-state index in [0.29, 0.717) is 19.4 Å². The highest BCUT2D eigenvalue weighted by atomic mass is 16.2. The molecule has 0 radical (unpaired) electrons. The lowest BCUT2D eigenvalue weighted by Crippen LogP contribution is -2.51. The monoisotopic (exact) mass is 278 g/mol. The predicted octanol–water partition coefficient (Wildman–Crippen LogP) is 0.875. The lowest BCUT2D eigenvalue weighted by Gasteiger charge is -2.28. The molecule has 20 heavy (non-hydrogen) atoms. The number of nitrogens with zero attached hydrogens (tertiary/aromatic N) is 3. The van der Waals surface area contributed by atoms with E-state index in [-0.39, 0.29) is 23.4 Å². The summed E-state index contributed by atoms with van der Waals surface area (Å²) in [6, 6.07) is -0.282. The molecular formula is C14H22N4O2. The van der Waals surface area contributed by atoms with Gasteiger partial charge >= 0.3 is 0 Å². The SMILES string of the molecule is CN1C(=O)CCC(NCc2cnn(C(C)(C)C)c2)C1=O. The molecule has 6 nitrogen and oxygen atoms in total. The van der Waals surface area contributed by atoms with Gasteiger partial charge in [-0.2, -0.15) is 5.10 Å². The van der Waals surface area contributed by atoms with Crippen LogP contribution in [0.15, 0.2) is 12.4 Å². The Morgan fingerprint density at radius 3 is 2.70 bits per heavy atom. The summed E-state index contributed by atoms with van der Waals surface area (Å²) in [5.41, 5.74) is 0.984. The van der Waals surface area contributed by atoms with Gasteiger partial charge in [-0.25, -0.2) is 0 Å². The maximum atomic E-state index is 11.9. The van der Waals surface area contributed by atoms with Crippen LogP contribution >= 0.6 is 0 Å². The molecular weight excluding hydrogens is 256 g/mol. The lowest BCUT2D eigenvalue weighted by molar-refractivity contribution is -0.148. The summed E-state index contributed by atoms with van der Waals surface area (Å²) >= 11 is 0. The van der Waals surface area contributed by atoms with Crippen LogP contribution in [-0.4, -0.2) is 39.6 Å². The van der Waals surface area contributed by atoms with Gasteiger partial charge in [0, 0.05) is 31.8 Å². The minimum absolute atomic E-state index is 0.0501. The summed E-state index contributed by atoms with van der Waals surface area (Å²) in [6.07, 6.45) is 4.77. The molecule has 2 rings (SSSR count). The minimum Gasteiger partial charge on any atom is -0.302 e. The van der Waals surface area contributed by atoms with E-state index >= 15 is 0 Å². The fourth-order valence-corrected chi connectivity index (χ4v) is 2.16. The van der Waals surface area contributed by atoms with Gasteiger partial charge in [-0.15, -0.1) is 0 Å². The second-order valence-corrected chi connectivity index (χ2v) is 6.23. The van der Waals surface area contributed by atoms with E-state index in [0.717, 1.165) is 5.56 Å². The summed E-state index contributed by atoms with van der Waals surface area (Å²) < 4.78 is 1.91. The van der Waals surface area contributed by atoms with Gasteiger partial charge in [0.15, 0.2) is 0 Å². The van der Waals surface area contributed by atoms with Crippen LogP contribution < -0.4 is 5.32 Å². The fraction of sp³-hybridized carbons (Fsp3) is 0.643. The fourth-order valence-electron chi connectivity index (χ4n) is 2.16. The summed E-state index contributed by atoms with van der Waals surface area (Å²) in [5, 5.41) is 7.53. The Morgan fingerprint density at radius 2 is 2.10 bits per heavy atom. The van der Waals surface area contributed by atoms with Gasteiger partial charge in [0.2, 0.25) is 11.8 Å². The molecule has 0 bridgehead atoms. The first-order chi connectivity index (χ1) is 9.29. The molecule has 0 aliphatic carbocycles. The number of likely N-dealkylation sites (N-methyl/N-ethyl adjacent to an activating group) is 1. The van der Waals surface area contributed by atoms with E-state index in [1.807, 2.05) is 10.9 Å². The van der Waals surface area contributed by atoms with Crippen LogP contribution in [-0.2, 0) is 21.7 Å². The number of carbonyl (C=O) groups is 2. The molecule has 1 unspecified atom stereocenters. The van der Waals surface area contributed by atoms with Gasteiger partial charge in [0.25, 0.3) is 0 Å². The molecule has 1 N–H and O–H groups in total. The van der Waals surface area contributed by atoms with E-state index in [4.69, 9.17) is 0 Å². The first-order valence-corrected chi connectivity index (χ1v) is 6.87. The summed E-state index contributed by atoms with van der Waals surface area (Å²) in [6.45, 7) is 6.84. The van der Waals surface area contributed by atoms with Gasteiger partial charge < -0.3 is 5.32 Å². The first kappa shape index (κ1) is 14.7. The Morgan fingerprint density at radius 1 is 1.40 bits per heavy atom. The average Bonchev–Trinajstić information content (AvgIpc) is 2.84. The summed E-state index contributed by atoms with van der Waals surface area (Å²) in [4.78, 5) is 24.6. The van der Waals surface area contributed by atoms with Crippen molar-refractivity contribution in [2.45, 2.75) is 51.7 Å². The number of piperidine rings is 1. The van der Waals surface area contributed by atoms with Crippen LogP contribution in [0.2, 0.25) is 0 Å². The third-order valence-corrected chi connectivity index (χ3v) is 3.53. The van der Waals surface area contributed by atoms with E-state index in [2.05, 4.69) is 31.2 Å². The van der Waals surface area contributed by atoms with Crippen LogP contribution in [0.5, 0.6) is 0 Å². The highest BCUT2D eigenvalue weighted by Gasteiger charge is 2.31. The minimum atomic E-state index is -0.282. The zero-order valence-corrected chi connectivity index (χ0v) is 12.5. The predicted molar refractivity (Wildman–Crippen MR) is 74.9 cm³/mol. The quantitative estimate of drug-likeness (QED) is 0.833. The van der Waals surface area contributed by atoms with Crippen molar-refractivity contribution in [2.75, 3.05) is 7.05 Å². The number of rotatable bonds is 3. The number of hydrogen-bond acceptors (Lipinski definition) is 4. The molecule has 1 aliphatic heterocycles. The number of nitrogens with one attached hydrogen (secondary N) is 1. The smallest absolute Gasteiger partial charge is 0.246 e. The van der Waals surface area contributed by atoms with Crippen molar-refractivity contribution in [3.63, 3.8) is 0 Å². The zero-order valence-electron chi connectivity index (χ0n) is 12.5. The van der Waals surface area contributed by atoms with E-state index < -0.39 is 0 Å². The molecule has 1 atom stereocenters. The number of carbonyl (C=O) groups excluding carboxylic acids is 2. The second kappa shape index (κ2) is 5.36. The van der Waals surface area contributed by atoms with Gasteiger partial charge in [0.1, 0.15) is 0 Å². The Kier molecular flexibility index (Phi) is 3.94. The Hall–Kier alpha value is -1.69. The summed E-state index contributed by atoms with van der Waals surface area (Å²) in [7, 11) is 1.54. The van der Waals surface area contributed by atoms with Gasteiger partial charge in [-0.3, -0.25) is 19.2 Å². The third kappa shape index (κ3) is 3.07. The zero-order chi connectivity index (χ0) is 14.9. The van der Waals surface area contributed by atoms with Crippen LogP contribution in [0, 0.1) is 0 Å². The van der Waals surface area contributed by atoms with Crippen molar-refractivity contribution in [3.8, 4) is 0 Å². The van der Waals surface area contributed by atoms with Crippen molar-refractivity contribution in [1.29, 1.82) is 0 Å². The second-order valence-electron chi connectivity index (χ2n) is 6.23. The topological polar surface area (TPSA) is 67.2 Å². The molecule has 6 heteroatoms. The highest BCUT2D eigenvalue weighted by molar-refractivity contribution is 6.00. The lowest BCUT2D eigenvalue weighted by atomic mass is 10.0. The van der Waals surface area contributed by atoms with Gasteiger partial charge in [0.05, 0.1) is 17.8 Å². The molecule has 1 fully saturated rings. The highest BCUT2D eigenvalue weighted by Crippen LogP contribution is 2.15. The molecule has 2 heterocycles. The van der Waals surface area contributed by atoms with Crippen molar-refractivity contribution in [2.24, 2.45) is 0 Å². The Balaban J connectivity index is 1.94. The molecule has 1 aromatic heterocycles. The summed E-state index contributed by atoms with van der Waals surface area (Å²) in [5.74, 6) is -0.252. The number of amides is 2. The third-order valence-electron chi connectivity index (χ3n) is 3.53. The van der Waals surface area contributed by atoms with E-state index in [1.54, 1.807) is 6.20 Å². The molecule has 0 saturated carbocycles. The maximum Gasteiger partial charge on any atom is 0.246 e. The number of aromatic nitrogens is 2. The molecule has 0 spiro atoms. The van der Waals surface area contributed by atoms with Crippen LogP contribution in [0.25, 0.3) is 0 Å². The largest absolute Gasteiger partial charge is 0.302 e. The van der Waals surface area contributed by atoms with Gasteiger partial charge in [-0.05, 0) is 27.2 Å². The Labute approximate surface area is 119 Å². The first-order valence-electron chi connectivity index (χ1n) is 6.87. The van der Waals surface area contributed by atoms with Crippen molar-refractivity contribution in [1.82, 2.24) is 20.0 Å². The van der Waals surface area contributed by atoms with Crippen molar-refractivity contribution in [3.05, 3.63) is 18.0 Å². The van der Waals surface area contributed by atoms with Crippen molar-refractivity contribution < 1.29 is 9.59 Å². The van der Waals surface area contributed by atoms with E-state index in [9.17, 15) is 9.59 Å². The molecule has 0 aromatic carbocycles. The molecule has 110 valence electrons. The molecule has 1 aromatic rings. The van der Waals surface area contributed by atoms with Crippen LogP contribution in [0.3, 0.4) is 0 Å². The molecule has 1 saturated heterocycles. The molecule has 1 aliphatic rings. The maximum absolute atomic E-state index is 11.9. The van der Waals surface area contributed by atoms with Crippen LogP contribution in [0.1, 0.15) is 39.2 Å². The molecule has 2 amide bonds. The number of imide groups is 1. The number of likely N-dealkylation sites (tertiary alicyclic amines) is 1. The Bertz CT molecular complexity index is 515. The van der Waals surface area contributed by atoms with Crippen LogP contribution in [0.4, 0.5) is 0 Å². The average molecular weight is 278 g/mol. The van der Waals surface area contributed by atoms with E-state index in [1.165, 1.54) is 11.9 Å².